The first kappa shape index (κ1) is 20.3. The summed E-state index contributed by atoms with van der Waals surface area (Å²) in [6.07, 6.45) is 4.96. The summed E-state index contributed by atoms with van der Waals surface area (Å²) >= 11 is 0. The van der Waals surface area contributed by atoms with E-state index in [4.69, 9.17) is 9.57 Å². The van der Waals surface area contributed by atoms with Crippen LogP contribution in [0.3, 0.4) is 0 Å². The molecule has 1 aromatic carbocycles. The Kier molecular flexibility index (Phi) is 6.21. The van der Waals surface area contributed by atoms with Crippen LogP contribution in [0.1, 0.15) is 57.3 Å². The average Bonchev–Trinajstić information content (AvgIpc) is 3.30. The molecule has 1 aliphatic rings. The normalized spacial score (nSPS) is 15.7. The number of carbonyl (C=O) groups is 1. The number of hydrogen-bond acceptors (Lipinski definition) is 5. The summed E-state index contributed by atoms with van der Waals surface area (Å²) in [5.41, 5.74) is 8.08. The lowest BCUT2D eigenvalue weighted by atomic mass is 9.87. The zero-order chi connectivity index (χ0) is 20.9. The predicted octanol–water partition coefficient (Wildman–Crippen LogP) is 3.44. The van der Waals surface area contributed by atoms with Crippen LogP contribution in [0.5, 0.6) is 0 Å². The topological polar surface area (TPSA) is 89.1 Å². The van der Waals surface area contributed by atoms with Gasteiger partial charge in [-0.25, -0.2) is 15.4 Å². The Morgan fingerprint density at radius 3 is 2.77 bits per heavy atom. The highest BCUT2D eigenvalue weighted by Gasteiger charge is 2.23. The standard InChI is InChI=1S/C23H26N4O3/c1-15-5-3-6-18(16(15)2)22(21-13-24-14-25-21)19-7-4-8-20(26-19)23(28)27-30-17-9-11-29-12-10-17/h3-8,13-14,17,22H,9-12H2,1-2H3,(H,24,25)(H,27,28). The fraction of sp³-hybridized carbons (Fsp3) is 0.348. The molecular formula is C23H26N4O3. The van der Waals surface area contributed by atoms with Gasteiger partial charge in [-0.05, 0) is 55.5 Å². The molecular weight excluding hydrogens is 380 g/mol. The van der Waals surface area contributed by atoms with E-state index in [9.17, 15) is 4.79 Å². The van der Waals surface area contributed by atoms with Crippen molar-refractivity contribution < 1.29 is 14.4 Å². The fourth-order valence-electron chi connectivity index (χ4n) is 3.72. The van der Waals surface area contributed by atoms with Gasteiger partial charge in [0.1, 0.15) is 5.69 Å². The third kappa shape index (κ3) is 4.42. The highest BCUT2D eigenvalue weighted by molar-refractivity contribution is 5.91. The molecule has 1 saturated heterocycles. The van der Waals surface area contributed by atoms with E-state index in [1.165, 1.54) is 11.1 Å². The molecule has 1 unspecified atom stereocenters. The molecule has 1 amide bonds. The number of hydroxylamine groups is 1. The van der Waals surface area contributed by atoms with Gasteiger partial charge in [-0.2, -0.15) is 0 Å². The van der Waals surface area contributed by atoms with Crippen LogP contribution < -0.4 is 5.48 Å². The summed E-state index contributed by atoms with van der Waals surface area (Å²) in [5.74, 6) is -0.510. The number of nitrogens with zero attached hydrogens (tertiary/aromatic N) is 2. The number of benzene rings is 1. The van der Waals surface area contributed by atoms with Crippen LogP contribution in [-0.4, -0.2) is 40.2 Å². The van der Waals surface area contributed by atoms with Crippen LogP contribution in [0.25, 0.3) is 0 Å². The van der Waals surface area contributed by atoms with Crippen LogP contribution in [0, 0.1) is 13.8 Å². The van der Waals surface area contributed by atoms with Crippen molar-refractivity contribution in [2.45, 2.75) is 38.7 Å². The van der Waals surface area contributed by atoms with Gasteiger partial charge in [-0.3, -0.25) is 9.63 Å². The van der Waals surface area contributed by atoms with Crippen molar-refractivity contribution >= 4 is 5.91 Å². The number of pyridine rings is 1. The van der Waals surface area contributed by atoms with Gasteiger partial charge in [0, 0.05) is 25.1 Å². The van der Waals surface area contributed by atoms with E-state index in [1.807, 2.05) is 18.2 Å². The quantitative estimate of drug-likeness (QED) is 0.612. The SMILES string of the molecule is Cc1cccc(C(c2cccc(C(=O)NOC3CCOCC3)n2)c2cnc[nH]2)c1C. The molecule has 7 nitrogen and oxygen atoms in total. The molecule has 0 aliphatic carbocycles. The number of amides is 1. The van der Waals surface area contributed by atoms with Crippen LogP contribution in [0.4, 0.5) is 0 Å². The highest BCUT2D eigenvalue weighted by atomic mass is 16.7. The minimum Gasteiger partial charge on any atom is -0.381 e. The second-order valence-electron chi connectivity index (χ2n) is 7.54. The van der Waals surface area contributed by atoms with Crippen molar-refractivity contribution in [3.05, 3.63) is 82.7 Å². The molecule has 3 heterocycles. The predicted molar refractivity (Wildman–Crippen MR) is 112 cm³/mol. The van der Waals surface area contributed by atoms with Crippen LogP contribution in [-0.2, 0) is 9.57 Å². The Labute approximate surface area is 175 Å². The largest absolute Gasteiger partial charge is 0.381 e. The molecule has 0 saturated carbocycles. The first-order valence-corrected chi connectivity index (χ1v) is 10.2. The average molecular weight is 406 g/mol. The van der Waals surface area contributed by atoms with Crippen molar-refractivity contribution in [1.29, 1.82) is 0 Å². The maximum atomic E-state index is 12.7. The molecule has 2 N–H and O–H groups in total. The Morgan fingerprint density at radius 1 is 1.20 bits per heavy atom. The summed E-state index contributed by atoms with van der Waals surface area (Å²) in [7, 11) is 0. The number of imidazole rings is 1. The van der Waals surface area contributed by atoms with E-state index >= 15 is 0 Å². The van der Waals surface area contributed by atoms with Gasteiger partial charge < -0.3 is 9.72 Å². The van der Waals surface area contributed by atoms with Crippen molar-refractivity contribution in [2.75, 3.05) is 13.2 Å². The molecule has 0 bridgehead atoms. The van der Waals surface area contributed by atoms with Gasteiger partial charge in [0.15, 0.2) is 0 Å². The highest BCUT2D eigenvalue weighted by Crippen LogP contribution is 2.32. The minimum atomic E-state index is -0.354. The number of aromatic amines is 1. The number of H-pyrrole nitrogens is 1. The number of nitrogens with one attached hydrogen (secondary N) is 2. The molecule has 0 radical (unpaired) electrons. The maximum absolute atomic E-state index is 12.7. The number of hydrogen-bond donors (Lipinski definition) is 2. The van der Waals surface area contributed by atoms with E-state index < -0.39 is 0 Å². The number of rotatable bonds is 6. The fourth-order valence-corrected chi connectivity index (χ4v) is 3.72. The van der Waals surface area contributed by atoms with Crippen LogP contribution in [0.2, 0.25) is 0 Å². The number of aromatic nitrogens is 3. The lowest BCUT2D eigenvalue weighted by molar-refractivity contribution is -0.0674. The lowest BCUT2D eigenvalue weighted by Crippen LogP contribution is -2.33. The summed E-state index contributed by atoms with van der Waals surface area (Å²) in [4.78, 5) is 30.3. The zero-order valence-electron chi connectivity index (χ0n) is 17.2. The molecule has 1 atom stereocenters. The van der Waals surface area contributed by atoms with Gasteiger partial charge in [0.2, 0.25) is 0 Å². The van der Waals surface area contributed by atoms with E-state index in [1.54, 1.807) is 18.6 Å². The van der Waals surface area contributed by atoms with Crippen LogP contribution >= 0.6 is 0 Å². The molecule has 30 heavy (non-hydrogen) atoms. The molecule has 156 valence electrons. The molecule has 1 aliphatic heterocycles. The van der Waals surface area contributed by atoms with E-state index in [2.05, 4.69) is 46.4 Å². The third-order valence-corrected chi connectivity index (χ3v) is 5.57. The smallest absolute Gasteiger partial charge is 0.293 e. The second-order valence-corrected chi connectivity index (χ2v) is 7.54. The third-order valence-electron chi connectivity index (χ3n) is 5.57. The van der Waals surface area contributed by atoms with Gasteiger partial charge in [0.25, 0.3) is 5.91 Å². The Balaban J connectivity index is 1.61. The van der Waals surface area contributed by atoms with Gasteiger partial charge >= 0.3 is 0 Å². The summed E-state index contributed by atoms with van der Waals surface area (Å²) in [5, 5.41) is 0. The number of carbonyl (C=O) groups excluding carboxylic acids is 1. The lowest BCUT2D eigenvalue weighted by Gasteiger charge is -2.22. The van der Waals surface area contributed by atoms with Gasteiger partial charge in [-0.1, -0.05) is 24.3 Å². The Morgan fingerprint density at radius 2 is 2.00 bits per heavy atom. The monoisotopic (exact) mass is 406 g/mol. The van der Waals surface area contributed by atoms with E-state index in [0.717, 1.165) is 29.8 Å². The van der Waals surface area contributed by atoms with Crippen LogP contribution in [0.15, 0.2) is 48.9 Å². The number of ether oxygens (including phenoxy) is 1. The first-order valence-electron chi connectivity index (χ1n) is 10.2. The van der Waals surface area contributed by atoms with Gasteiger partial charge in [-0.15, -0.1) is 0 Å². The second kappa shape index (κ2) is 9.19. The van der Waals surface area contributed by atoms with Crippen molar-refractivity contribution in [3.63, 3.8) is 0 Å². The van der Waals surface area contributed by atoms with Crippen molar-refractivity contribution in [2.24, 2.45) is 0 Å². The number of aryl methyl sites for hydroxylation is 1. The summed E-state index contributed by atoms with van der Waals surface area (Å²) in [6, 6.07) is 11.7. The van der Waals surface area contributed by atoms with Crippen molar-refractivity contribution in [3.8, 4) is 0 Å². The Hall–Kier alpha value is -3.03. The summed E-state index contributed by atoms with van der Waals surface area (Å²) in [6.45, 7) is 5.49. The first-order chi connectivity index (χ1) is 14.6. The van der Waals surface area contributed by atoms with E-state index in [0.29, 0.717) is 18.9 Å². The molecule has 3 aromatic rings. The Bertz CT molecular complexity index is 997. The zero-order valence-corrected chi connectivity index (χ0v) is 17.2. The molecule has 4 rings (SSSR count). The molecule has 0 spiro atoms. The minimum absolute atomic E-state index is 0.0291. The van der Waals surface area contributed by atoms with Gasteiger partial charge in [0.05, 0.1) is 24.0 Å². The van der Waals surface area contributed by atoms with Crippen molar-refractivity contribution in [1.82, 2.24) is 20.4 Å². The molecule has 7 heteroatoms. The molecule has 2 aromatic heterocycles. The summed E-state index contributed by atoms with van der Waals surface area (Å²) < 4.78 is 5.32. The molecule has 1 fully saturated rings. The van der Waals surface area contributed by atoms with E-state index in [-0.39, 0.29) is 17.9 Å². The maximum Gasteiger partial charge on any atom is 0.293 e.